The Balaban J connectivity index is 1.83. The molecule has 2 aromatic rings. The molecule has 0 aromatic heterocycles. The van der Waals surface area contributed by atoms with Gasteiger partial charge < -0.3 is 15.5 Å². The van der Waals surface area contributed by atoms with Crippen molar-refractivity contribution in [3.8, 4) is 0 Å². The minimum Gasteiger partial charge on any atom is -0.359 e. The van der Waals surface area contributed by atoms with Gasteiger partial charge in [0.25, 0.3) is 5.91 Å². The molecule has 0 aliphatic heterocycles. The third-order valence-corrected chi connectivity index (χ3v) is 4.54. The van der Waals surface area contributed by atoms with Gasteiger partial charge in [-0.2, -0.15) is 0 Å². The minimum atomic E-state index is -0.114. The lowest BCUT2D eigenvalue weighted by molar-refractivity contribution is -0.126. The highest BCUT2D eigenvalue weighted by Crippen LogP contribution is 2.04. The van der Waals surface area contributed by atoms with Crippen LogP contribution in [0, 0.1) is 0 Å². The van der Waals surface area contributed by atoms with E-state index in [9.17, 15) is 14.4 Å². The van der Waals surface area contributed by atoms with Crippen LogP contribution in [0.3, 0.4) is 0 Å². The summed E-state index contributed by atoms with van der Waals surface area (Å²) in [6, 6.07) is 18.7. The second-order valence-electron chi connectivity index (χ2n) is 6.82. The van der Waals surface area contributed by atoms with E-state index in [-0.39, 0.29) is 11.8 Å². The van der Waals surface area contributed by atoms with E-state index in [1.165, 1.54) is 0 Å². The maximum absolute atomic E-state index is 12.7. The molecule has 0 aliphatic carbocycles. The number of unbranched alkanes of at least 4 members (excludes halogenated alkanes) is 1. The molecule has 0 unspecified atom stereocenters. The highest BCUT2D eigenvalue weighted by Gasteiger charge is 2.11. The molecule has 0 saturated carbocycles. The fraction of sp³-hybridized carbons (Fsp3) is 0.292. The van der Waals surface area contributed by atoms with Crippen LogP contribution in [-0.2, 0) is 9.59 Å². The van der Waals surface area contributed by atoms with Crippen molar-refractivity contribution in [1.82, 2.24) is 15.5 Å². The third-order valence-electron chi connectivity index (χ3n) is 4.54. The van der Waals surface area contributed by atoms with Gasteiger partial charge in [0.05, 0.1) is 0 Å². The molecule has 2 rings (SSSR count). The van der Waals surface area contributed by atoms with Crippen LogP contribution in [0.2, 0.25) is 0 Å². The average Bonchev–Trinajstić information content (AvgIpc) is 2.79. The van der Waals surface area contributed by atoms with Crippen molar-refractivity contribution < 1.29 is 14.4 Å². The van der Waals surface area contributed by atoms with Gasteiger partial charge in [0.1, 0.15) is 0 Å². The van der Waals surface area contributed by atoms with Crippen molar-refractivity contribution in [1.29, 1.82) is 0 Å². The van der Waals surface area contributed by atoms with Crippen molar-refractivity contribution in [2.24, 2.45) is 0 Å². The normalized spacial score (nSPS) is 10.5. The molecule has 0 heterocycles. The van der Waals surface area contributed by atoms with E-state index < -0.39 is 0 Å². The van der Waals surface area contributed by atoms with Crippen LogP contribution in [0.5, 0.6) is 0 Å². The molecule has 0 spiro atoms. The highest BCUT2D eigenvalue weighted by atomic mass is 16.2. The van der Waals surface area contributed by atoms with Gasteiger partial charge in [-0.15, -0.1) is 0 Å². The monoisotopic (exact) mass is 407 g/mol. The van der Waals surface area contributed by atoms with E-state index in [4.69, 9.17) is 0 Å². The van der Waals surface area contributed by atoms with Gasteiger partial charge in [0, 0.05) is 37.8 Å². The van der Waals surface area contributed by atoms with Crippen LogP contribution >= 0.6 is 0 Å². The number of amides is 3. The van der Waals surface area contributed by atoms with E-state index in [0.717, 1.165) is 18.4 Å². The van der Waals surface area contributed by atoms with Gasteiger partial charge in [0.2, 0.25) is 12.3 Å². The van der Waals surface area contributed by atoms with Gasteiger partial charge in [-0.05, 0) is 43.0 Å². The predicted molar refractivity (Wildman–Crippen MR) is 119 cm³/mol. The first-order valence-electron chi connectivity index (χ1n) is 10.2. The number of nitrogens with zero attached hydrogens (tertiary/aromatic N) is 1. The molecule has 2 N–H and O–H groups in total. The minimum absolute atomic E-state index is 0.0587. The lowest BCUT2D eigenvalue weighted by Gasteiger charge is -2.21. The molecule has 30 heavy (non-hydrogen) atoms. The standard InChI is InChI=1S/C24H29N3O3/c28-20-25-16-7-8-18-27(23(29)15-14-21-10-3-1-4-11-21)19-9-17-26-24(30)22-12-5-2-6-13-22/h1-6,10-15,20H,7-9,16-19H2,(H,25,28)(H,26,30). The summed E-state index contributed by atoms with van der Waals surface area (Å²) in [5.41, 5.74) is 1.59. The Kier molecular flexibility index (Phi) is 10.5. The van der Waals surface area contributed by atoms with Crippen LogP contribution in [0.15, 0.2) is 66.7 Å². The summed E-state index contributed by atoms with van der Waals surface area (Å²) in [6.45, 7) is 2.24. The van der Waals surface area contributed by atoms with Gasteiger partial charge in [-0.25, -0.2) is 0 Å². The molecule has 0 bridgehead atoms. The third kappa shape index (κ3) is 8.73. The highest BCUT2D eigenvalue weighted by molar-refractivity contribution is 5.94. The smallest absolute Gasteiger partial charge is 0.251 e. The van der Waals surface area contributed by atoms with Crippen molar-refractivity contribution in [3.63, 3.8) is 0 Å². The molecule has 0 saturated heterocycles. The number of hydrogen-bond donors (Lipinski definition) is 2. The molecular weight excluding hydrogens is 378 g/mol. The SMILES string of the molecule is O=CNCCCCN(CCCNC(=O)c1ccccc1)C(=O)C=Cc1ccccc1. The van der Waals surface area contributed by atoms with Gasteiger partial charge in [0.15, 0.2) is 0 Å². The maximum Gasteiger partial charge on any atom is 0.251 e. The summed E-state index contributed by atoms with van der Waals surface area (Å²) in [7, 11) is 0. The number of hydrogen-bond acceptors (Lipinski definition) is 3. The van der Waals surface area contributed by atoms with Gasteiger partial charge >= 0.3 is 0 Å². The zero-order chi connectivity index (χ0) is 21.4. The maximum atomic E-state index is 12.7. The fourth-order valence-corrected chi connectivity index (χ4v) is 2.92. The van der Waals surface area contributed by atoms with Crippen LogP contribution in [0.25, 0.3) is 6.08 Å². The number of nitrogens with one attached hydrogen (secondary N) is 2. The van der Waals surface area contributed by atoms with E-state index in [0.29, 0.717) is 44.6 Å². The summed E-state index contributed by atoms with van der Waals surface area (Å²) < 4.78 is 0. The number of benzene rings is 2. The van der Waals surface area contributed by atoms with Crippen LogP contribution < -0.4 is 10.6 Å². The van der Waals surface area contributed by atoms with Crippen LogP contribution in [-0.4, -0.2) is 49.3 Å². The lowest BCUT2D eigenvalue weighted by atomic mass is 10.2. The topological polar surface area (TPSA) is 78.5 Å². The Morgan fingerprint density at radius 1 is 0.833 bits per heavy atom. The average molecular weight is 408 g/mol. The second-order valence-corrected chi connectivity index (χ2v) is 6.82. The quantitative estimate of drug-likeness (QED) is 0.304. The molecule has 0 radical (unpaired) electrons. The molecule has 2 aromatic carbocycles. The first kappa shape index (κ1) is 22.9. The first-order chi connectivity index (χ1) is 14.7. The Bertz CT molecular complexity index is 807. The Morgan fingerprint density at radius 2 is 1.50 bits per heavy atom. The summed E-state index contributed by atoms with van der Waals surface area (Å²) in [5, 5.41) is 5.52. The Hall–Kier alpha value is -3.41. The van der Waals surface area contributed by atoms with Gasteiger partial charge in [-0.3, -0.25) is 14.4 Å². The van der Waals surface area contributed by atoms with E-state index in [2.05, 4.69) is 10.6 Å². The summed E-state index contributed by atoms with van der Waals surface area (Å²) in [4.78, 5) is 36.9. The molecule has 158 valence electrons. The predicted octanol–water partition coefficient (Wildman–Crippen LogP) is 2.87. The van der Waals surface area contributed by atoms with Crippen molar-refractivity contribution in [2.75, 3.05) is 26.2 Å². The molecule has 0 fully saturated rings. The largest absolute Gasteiger partial charge is 0.359 e. The lowest BCUT2D eigenvalue weighted by Crippen LogP contribution is -2.34. The summed E-state index contributed by atoms with van der Waals surface area (Å²) in [6.07, 6.45) is 6.33. The number of carbonyl (C=O) groups is 3. The molecule has 6 nitrogen and oxygen atoms in total. The summed E-state index contributed by atoms with van der Waals surface area (Å²) >= 11 is 0. The van der Waals surface area contributed by atoms with E-state index in [1.807, 2.05) is 48.5 Å². The molecule has 0 aliphatic rings. The molecule has 6 heteroatoms. The second kappa shape index (κ2) is 13.7. The van der Waals surface area contributed by atoms with Crippen LogP contribution in [0.4, 0.5) is 0 Å². The van der Waals surface area contributed by atoms with Crippen molar-refractivity contribution in [2.45, 2.75) is 19.3 Å². The fourth-order valence-electron chi connectivity index (χ4n) is 2.92. The van der Waals surface area contributed by atoms with E-state index >= 15 is 0 Å². The van der Waals surface area contributed by atoms with Crippen molar-refractivity contribution >= 4 is 24.3 Å². The zero-order valence-corrected chi connectivity index (χ0v) is 17.1. The number of rotatable bonds is 13. The van der Waals surface area contributed by atoms with Crippen LogP contribution in [0.1, 0.15) is 35.2 Å². The summed E-state index contributed by atoms with van der Waals surface area (Å²) in [5.74, 6) is -0.172. The van der Waals surface area contributed by atoms with Gasteiger partial charge in [-0.1, -0.05) is 48.5 Å². The Labute approximate surface area is 178 Å². The molecule has 0 atom stereocenters. The zero-order valence-electron chi connectivity index (χ0n) is 17.1. The first-order valence-corrected chi connectivity index (χ1v) is 10.2. The van der Waals surface area contributed by atoms with E-state index in [1.54, 1.807) is 29.2 Å². The molecular formula is C24H29N3O3. The molecule has 3 amide bonds. The Morgan fingerprint density at radius 3 is 2.20 bits per heavy atom. The van der Waals surface area contributed by atoms with Crippen molar-refractivity contribution in [3.05, 3.63) is 77.9 Å². The number of carbonyl (C=O) groups excluding carboxylic acids is 3.